The zero-order valence-electron chi connectivity index (χ0n) is 9.17. The fourth-order valence-corrected chi connectivity index (χ4v) is 1.60. The van der Waals surface area contributed by atoms with E-state index in [0.29, 0.717) is 0 Å². The first-order chi connectivity index (χ1) is 7.45. The van der Waals surface area contributed by atoms with E-state index in [1.165, 1.54) is 19.3 Å². The summed E-state index contributed by atoms with van der Waals surface area (Å²) >= 11 is 0. The van der Waals surface area contributed by atoms with E-state index >= 15 is 0 Å². The first-order valence-electron chi connectivity index (χ1n) is 5.91. The van der Waals surface area contributed by atoms with Gasteiger partial charge in [-0.1, -0.05) is 0 Å². The lowest BCUT2D eigenvalue weighted by atomic mass is 10.3. The van der Waals surface area contributed by atoms with Crippen LogP contribution in [0.1, 0.15) is 25.0 Å². The van der Waals surface area contributed by atoms with Crippen LogP contribution in [0.5, 0.6) is 0 Å². The Kier molecular flexibility index (Phi) is 4.23. The number of rotatable bonds is 8. The molecule has 0 aromatic carbocycles. The standard InChI is InChI=1S/C12H20N2O/c1-3-12(15-10-1)6-9-13-7-2-8-14-11-4-5-11/h1,3,10-11,13-14H,2,4-9H2. The van der Waals surface area contributed by atoms with Crippen molar-refractivity contribution < 1.29 is 4.42 Å². The third kappa shape index (κ3) is 4.49. The minimum absolute atomic E-state index is 0.841. The number of hydrogen-bond acceptors (Lipinski definition) is 3. The van der Waals surface area contributed by atoms with Crippen LogP contribution in [-0.4, -0.2) is 25.7 Å². The first kappa shape index (κ1) is 10.7. The fraction of sp³-hybridized carbons (Fsp3) is 0.667. The average Bonchev–Trinajstić information content (AvgIpc) is 2.92. The molecule has 1 fully saturated rings. The van der Waals surface area contributed by atoms with Crippen LogP contribution in [0.3, 0.4) is 0 Å². The molecular formula is C12H20N2O. The van der Waals surface area contributed by atoms with Crippen LogP contribution in [0.4, 0.5) is 0 Å². The fourth-order valence-electron chi connectivity index (χ4n) is 1.60. The molecular weight excluding hydrogens is 188 g/mol. The van der Waals surface area contributed by atoms with Crippen molar-refractivity contribution in [2.45, 2.75) is 31.7 Å². The Hall–Kier alpha value is -0.800. The van der Waals surface area contributed by atoms with Crippen molar-refractivity contribution in [2.75, 3.05) is 19.6 Å². The predicted molar refractivity (Wildman–Crippen MR) is 60.9 cm³/mol. The third-order valence-corrected chi connectivity index (χ3v) is 2.67. The monoisotopic (exact) mass is 208 g/mol. The van der Waals surface area contributed by atoms with Crippen LogP contribution in [0, 0.1) is 0 Å². The van der Waals surface area contributed by atoms with Gasteiger partial charge in [0.05, 0.1) is 6.26 Å². The molecule has 0 spiro atoms. The lowest BCUT2D eigenvalue weighted by molar-refractivity contribution is 0.496. The highest BCUT2D eigenvalue weighted by Gasteiger charge is 2.19. The topological polar surface area (TPSA) is 37.2 Å². The van der Waals surface area contributed by atoms with E-state index in [4.69, 9.17) is 4.42 Å². The van der Waals surface area contributed by atoms with Crippen molar-refractivity contribution in [3.63, 3.8) is 0 Å². The normalized spacial score (nSPS) is 15.7. The maximum atomic E-state index is 5.25. The predicted octanol–water partition coefficient (Wildman–Crippen LogP) is 1.55. The lowest BCUT2D eigenvalue weighted by Gasteiger charge is -2.04. The summed E-state index contributed by atoms with van der Waals surface area (Å²) in [6.07, 6.45) is 6.70. The summed E-state index contributed by atoms with van der Waals surface area (Å²) in [7, 11) is 0. The minimum Gasteiger partial charge on any atom is -0.469 e. The van der Waals surface area contributed by atoms with Gasteiger partial charge in [0.2, 0.25) is 0 Å². The molecule has 2 rings (SSSR count). The second kappa shape index (κ2) is 5.93. The Morgan fingerprint density at radius 3 is 2.93 bits per heavy atom. The molecule has 15 heavy (non-hydrogen) atoms. The van der Waals surface area contributed by atoms with Crippen molar-refractivity contribution in [1.82, 2.24) is 10.6 Å². The second-order valence-corrected chi connectivity index (χ2v) is 4.16. The summed E-state index contributed by atoms with van der Waals surface area (Å²) in [4.78, 5) is 0. The van der Waals surface area contributed by atoms with E-state index in [0.717, 1.165) is 37.9 Å². The molecule has 0 aliphatic heterocycles. The molecule has 1 saturated carbocycles. The summed E-state index contributed by atoms with van der Waals surface area (Å²) < 4.78 is 5.25. The van der Waals surface area contributed by atoms with E-state index < -0.39 is 0 Å². The molecule has 3 heteroatoms. The molecule has 0 unspecified atom stereocenters. The summed E-state index contributed by atoms with van der Waals surface area (Å²) in [5.74, 6) is 1.07. The van der Waals surface area contributed by atoms with Crippen molar-refractivity contribution >= 4 is 0 Å². The van der Waals surface area contributed by atoms with Crippen LogP contribution >= 0.6 is 0 Å². The Balaban J connectivity index is 1.38. The van der Waals surface area contributed by atoms with Crippen molar-refractivity contribution in [3.05, 3.63) is 24.2 Å². The first-order valence-corrected chi connectivity index (χ1v) is 5.91. The highest BCUT2D eigenvalue weighted by molar-refractivity contribution is 4.98. The Labute approximate surface area is 91.2 Å². The van der Waals surface area contributed by atoms with Gasteiger partial charge in [0.1, 0.15) is 5.76 Å². The molecule has 0 bridgehead atoms. The number of hydrogen-bond donors (Lipinski definition) is 2. The molecule has 1 aromatic heterocycles. The van der Waals surface area contributed by atoms with Crippen molar-refractivity contribution in [3.8, 4) is 0 Å². The maximum absolute atomic E-state index is 5.25. The third-order valence-electron chi connectivity index (χ3n) is 2.67. The van der Waals surface area contributed by atoms with E-state index in [-0.39, 0.29) is 0 Å². The highest BCUT2D eigenvalue weighted by atomic mass is 16.3. The number of nitrogens with one attached hydrogen (secondary N) is 2. The van der Waals surface area contributed by atoms with E-state index in [1.807, 2.05) is 12.1 Å². The zero-order chi connectivity index (χ0) is 10.3. The van der Waals surface area contributed by atoms with E-state index in [2.05, 4.69) is 10.6 Å². The summed E-state index contributed by atoms with van der Waals surface area (Å²) in [5.41, 5.74) is 0. The number of furan rings is 1. The molecule has 0 atom stereocenters. The zero-order valence-corrected chi connectivity index (χ0v) is 9.17. The van der Waals surface area contributed by atoms with Gasteiger partial charge in [-0.05, 0) is 44.5 Å². The minimum atomic E-state index is 0.841. The van der Waals surface area contributed by atoms with Crippen LogP contribution in [0.15, 0.2) is 22.8 Å². The maximum Gasteiger partial charge on any atom is 0.105 e. The summed E-state index contributed by atoms with van der Waals surface area (Å²) in [6, 6.07) is 4.80. The van der Waals surface area contributed by atoms with E-state index in [1.54, 1.807) is 6.26 Å². The highest BCUT2D eigenvalue weighted by Crippen LogP contribution is 2.18. The molecule has 1 heterocycles. The average molecular weight is 208 g/mol. The van der Waals surface area contributed by atoms with Gasteiger partial charge in [-0.15, -0.1) is 0 Å². The Morgan fingerprint density at radius 2 is 2.20 bits per heavy atom. The van der Waals surface area contributed by atoms with Gasteiger partial charge >= 0.3 is 0 Å². The Bertz CT molecular complexity index is 255. The second-order valence-electron chi connectivity index (χ2n) is 4.16. The molecule has 3 nitrogen and oxygen atoms in total. The van der Waals surface area contributed by atoms with Crippen molar-refractivity contribution in [2.24, 2.45) is 0 Å². The van der Waals surface area contributed by atoms with E-state index in [9.17, 15) is 0 Å². The molecule has 2 N–H and O–H groups in total. The largest absolute Gasteiger partial charge is 0.469 e. The van der Waals surface area contributed by atoms with Gasteiger partial charge in [-0.3, -0.25) is 0 Å². The SMILES string of the molecule is c1coc(CCNCCCNC2CC2)c1. The quantitative estimate of drug-likeness (QED) is 0.637. The van der Waals surface area contributed by atoms with Gasteiger partial charge < -0.3 is 15.1 Å². The molecule has 0 saturated heterocycles. The van der Waals surface area contributed by atoms with Gasteiger partial charge in [-0.2, -0.15) is 0 Å². The van der Waals surface area contributed by atoms with Gasteiger partial charge in [-0.25, -0.2) is 0 Å². The molecule has 1 aliphatic rings. The van der Waals surface area contributed by atoms with Crippen LogP contribution < -0.4 is 10.6 Å². The van der Waals surface area contributed by atoms with Crippen LogP contribution in [-0.2, 0) is 6.42 Å². The molecule has 1 aromatic rings. The van der Waals surface area contributed by atoms with Crippen LogP contribution in [0.2, 0.25) is 0 Å². The smallest absolute Gasteiger partial charge is 0.105 e. The summed E-state index contributed by atoms with van der Waals surface area (Å²) in [5, 5.41) is 6.92. The van der Waals surface area contributed by atoms with Gasteiger partial charge in [0.25, 0.3) is 0 Å². The Morgan fingerprint density at radius 1 is 1.27 bits per heavy atom. The lowest BCUT2D eigenvalue weighted by Crippen LogP contribution is -2.24. The summed E-state index contributed by atoms with van der Waals surface area (Å²) in [6.45, 7) is 3.26. The molecule has 84 valence electrons. The molecule has 1 aliphatic carbocycles. The van der Waals surface area contributed by atoms with Gasteiger partial charge in [0.15, 0.2) is 0 Å². The molecule has 0 amide bonds. The molecule has 0 radical (unpaired) electrons. The van der Waals surface area contributed by atoms with Crippen molar-refractivity contribution in [1.29, 1.82) is 0 Å². The van der Waals surface area contributed by atoms with Gasteiger partial charge in [0, 0.05) is 19.0 Å². The van der Waals surface area contributed by atoms with Crippen LogP contribution in [0.25, 0.3) is 0 Å².